The first-order chi connectivity index (χ1) is 12.8. The summed E-state index contributed by atoms with van der Waals surface area (Å²) in [4.78, 5) is 14.2. The number of anilines is 1. The van der Waals surface area contributed by atoms with Gasteiger partial charge in [0.1, 0.15) is 16.5 Å². The number of carboxylic acid groups (broad SMARTS) is 1. The minimum atomic E-state index is -3.39. The van der Waals surface area contributed by atoms with Crippen LogP contribution in [0.15, 0.2) is 41.3 Å². The molecule has 1 amide bonds. The molecule has 2 aliphatic rings. The minimum absolute atomic E-state index is 0.152. The lowest BCUT2D eigenvalue weighted by Gasteiger charge is -2.34. The molecule has 1 N–H and O–H groups in total. The molecule has 0 saturated carbocycles. The lowest BCUT2D eigenvalue weighted by molar-refractivity contribution is 0.142. The summed E-state index contributed by atoms with van der Waals surface area (Å²) in [7, 11) is -3.39. The van der Waals surface area contributed by atoms with E-state index in [1.807, 2.05) is 4.90 Å². The van der Waals surface area contributed by atoms with E-state index in [-0.39, 0.29) is 16.6 Å². The molecule has 0 spiro atoms. The third-order valence-corrected chi connectivity index (χ3v) is 6.26. The molecule has 2 aliphatic heterocycles. The molecule has 0 aliphatic carbocycles. The Labute approximate surface area is 155 Å². The SMILES string of the molecule is O=C(O)N1CCN(c2ccc(-c3ccc4c(c3)OCS4(=O)=O)cc2F)CC1. The molecule has 0 bridgehead atoms. The normalized spacial score (nSPS) is 18.1. The maximum atomic E-state index is 14.7. The Bertz CT molecular complexity index is 1020. The third-order valence-electron chi connectivity index (χ3n) is 4.82. The first-order valence-electron chi connectivity index (χ1n) is 8.37. The zero-order valence-electron chi connectivity index (χ0n) is 14.3. The van der Waals surface area contributed by atoms with Crippen LogP contribution < -0.4 is 9.64 Å². The molecule has 4 rings (SSSR count). The van der Waals surface area contributed by atoms with Crippen LogP contribution in [0.2, 0.25) is 0 Å². The number of hydrogen-bond donors (Lipinski definition) is 1. The summed E-state index contributed by atoms with van der Waals surface area (Å²) in [5, 5.41) is 9.00. The van der Waals surface area contributed by atoms with E-state index in [2.05, 4.69) is 0 Å². The highest BCUT2D eigenvalue weighted by Crippen LogP contribution is 2.36. The van der Waals surface area contributed by atoms with Crippen molar-refractivity contribution in [2.45, 2.75) is 4.90 Å². The summed E-state index contributed by atoms with van der Waals surface area (Å²) in [5.41, 5.74) is 1.69. The summed E-state index contributed by atoms with van der Waals surface area (Å²) in [6.45, 7) is 1.50. The zero-order valence-corrected chi connectivity index (χ0v) is 15.1. The van der Waals surface area contributed by atoms with E-state index < -0.39 is 21.7 Å². The van der Waals surface area contributed by atoms with Gasteiger partial charge in [-0.15, -0.1) is 0 Å². The molecule has 7 nitrogen and oxygen atoms in total. The highest BCUT2D eigenvalue weighted by atomic mass is 32.2. The Morgan fingerprint density at radius 2 is 1.70 bits per heavy atom. The van der Waals surface area contributed by atoms with Gasteiger partial charge in [0.05, 0.1) is 5.69 Å². The molecular formula is C18H17FN2O5S. The van der Waals surface area contributed by atoms with Gasteiger partial charge >= 0.3 is 6.09 Å². The smallest absolute Gasteiger partial charge is 0.407 e. The molecule has 142 valence electrons. The lowest BCUT2D eigenvalue weighted by Crippen LogP contribution is -2.48. The number of amides is 1. The van der Waals surface area contributed by atoms with Gasteiger partial charge < -0.3 is 19.6 Å². The second-order valence-electron chi connectivity index (χ2n) is 6.46. The molecule has 0 aromatic heterocycles. The average molecular weight is 392 g/mol. The predicted molar refractivity (Wildman–Crippen MR) is 96.3 cm³/mol. The van der Waals surface area contributed by atoms with E-state index in [9.17, 15) is 17.6 Å². The second kappa shape index (κ2) is 6.41. The van der Waals surface area contributed by atoms with Crippen LogP contribution in [0.3, 0.4) is 0 Å². The Kier molecular flexibility index (Phi) is 4.18. The van der Waals surface area contributed by atoms with Crippen LogP contribution in [0.25, 0.3) is 11.1 Å². The highest BCUT2D eigenvalue weighted by molar-refractivity contribution is 7.91. The third kappa shape index (κ3) is 3.18. The van der Waals surface area contributed by atoms with Gasteiger partial charge in [-0.2, -0.15) is 0 Å². The summed E-state index contributed by atoms with van der Waals surface area (Å²) >= 11 is 0. The molecule has 1 fully saturated rings. The Morgan fingerprint density at radius 1 is 1.04 bits per heavy atom. The molecule has 1 saturated heterocycles. The second-order valence-corrected chi connectivity index (χ2v) is 8.37. The van der Waals surface area contributed by atoms with Crippen molar-refractivity contribution >= 4 is 21.6 Å². The monoisotopic (exact) mass is 392 g/mol. The molecule has 2 aromatic rings. The van der Waals surface area contributed by atoms with Gasteiger partial charge in [0.25, 0.3) is 0 Å². The van der Waals surface area contributed by atoms with E-state index in [1.54, 1.807) is 24.3 Å². The van der Waals surface area contributed by atoms with Gasteiger partial charge in [-0.05, 0) is 35.4 Å². The maximum absolute atomic E-state index is 14.7. The van der Waals surface area contributed by atoms with Crippen molar-refractivity contribution < 1.29 is 27.4 Å². The molecule has 0 atom stereocenters. The summed E-state index contributed by atoms with van der Waals surface area (Å²) in [6, 6.07) is 9.51. The molecule has 9 heteroatoms. The number of halogens is 1. The zero-order chi connectivity index (χ0) is 19.2. The number of rotatable bonds is 2. The van der Waals surface area contributed by atoms with E-state index in [0.717, 1.165) is 0 Å². The van der Waals surface area contributed by atoms with E-state index in [4.69, 9.17) is 9.84 Å². The quantitative estimate of drug-likeness (QED) is 0.845. The summed E-state index contributed by atoms with van der Waals surface area (Å²) < 4.78 is 43.5. The number of sulfone groups is 1. The number of carbonyl (C=O) groups is 1. The minimum Gasteiger partial charge on any atom is -0.476 e. The van der Waals surface area contributed by atoms with Crippen molar-refractivity contribution in [1.29, 1.82) is 0 Å². The summed E-state index contributed by atoms with van der Waals surface area (Å²) in [6.07, 6.45) is -0.966. The molecule has 0 unspecified atom stereocenters. The van der Waals surface area contributed by atoms with Crippen molar-refractivity contribution in [2.75, 3.05) is 37.0 Å². The number of hydrogen-bond acceptors (Lipinski definition) is 5. The fourth-order valence-corrected chi connectivity index (χ4v) is 4.45. The van der Waals surface area contributed by atoms with Crippen molar-refractivity contribution in [3.8, 4) is 16.9 Å². The predicted octanol–water partition coefficient (Wildman–Crippen LogP) is 2.42. The number of piperazine rings is 1. The van der Waals surface area contributed by atoms with Crippen LogP contribution in [0.4, 0.5) is 14.9 Å². The number of fused-ring (bicyclic) bond motifs is 1. The van der Waals surface area contributed by atoms with Crippen LogP contribution in [0.1, 0.15) is 0 Å². The largest absolute Gasteiger partial charge is 0.476 e. The first-order valence-corrected chi connectivity index (χ1v) is 10.0. The Balaban J connectivity index is 1.57. The molecule has 2 aromatic carbocycles. The van der Waals surface area contributed by atoms with Gasteiger partial charge in [0.15, 0.2) is 5.94 Å². The van der Waals surface area contributed by atoms with Gasteiger partial charge in [-0.25, -0.2) is 17.6 Å². The van der Waals surface area contributed by atoms with Crippen LogP contribution in [-0.4, -0.2) is 56.6 Å². The van der Waals surface area contributed by atoms with Crippen LogP contribution in [-0.2, 0) is 9.84 Å². The van der Waals surface area contributed by atoms with E-state index in [1.165, 1.54) is 17.0 Å². The van der Waals surface area contributed by atoms with Crippen molar-refractivity contribution in [3.63, 3.8) is 0 Å². The number of ether oxygens (including phenoxy) is 1. The van der Waals surface area contributed by atoms with E-state index >= 15 is 0 Å². The summed E-state index contributed by atoms with van der Waals surface area (Å²) in [5.74, 6) is -0.506. The molecule has 0 radical (unpaired) electrons. The maximum Gasteiger partial charge on any atom is 0.407 e. The fraction of sp³-hybridized carbons (Fsp3) is 0.278. The van der Waals surface area contributed by atoms with Crippen molar-refractivity contribution in [1.82, 2.24) is 4.90 Å². The van der Waals surface area contributed by atoms with Crippen LogP contribution in [0, 0.1) is 5.82 Å². The molecule has 2 heterocycles. The van der Waals surface area contributed by atoms with Crippen molar-refractivity contribution in [3.05, 3.63) is 42.2 Å². The van der Waals surface area contributed by atoms with Crippen LogP contribution in [0.5, 0.6) is 5.75 Å². The first kappa shape index (κ1) is 17.6. The Morgan fingerprint density at radius 3 is 2.37 bits per heavy atom. The van der Waals surface area contributed by atoms with Gasteiger partial charge in [0, 0.05) is 26.2 Å². The highest BCUT2D eigenvalue weighted by Gasteiger charge is 2.28. The number of nitrogens with zero attached hydrogens (tertiary/aromatic N) is 2. The molecule has 27 heavy (non-hydrogen) atoms. The average Bonchev–Trinajstić information content (AvgIpc) is 2.96. The van der Waals surface area contributed by atoms with Crippen LogP contribution >= 0.6 is 0 Å². The van der Waals surface area contributed by atoms with Gasteiger partial charge in [-0.3, -0.25) is 0 Å². The standard InChI is InChI=1S/C18H17FN2O5S/c19-14-9-12(13-2-4-17-16(10-13)26-11-27(17,24)25)1-3-15(14)20-5-7-21(8-6-20)18(22)23/h1-4,9-10H,5-8,11H2,(H,22,23). The number of benzene rings is 2. The fourth-order valence-electron chi connectivity index (χ4n) is 3.34. The topological polar surface area (TPSA) is 87.2 Å². The van der Waals surface area contributed by atoms with E-state index in [0.29, 0.717) is 43.0 Å². The van der Waals surface area contributed by atoms with Gasteiger partial charge in [-0.1, -0.05) is 12.1 Å². The lowest BCUT2D eigenvalue weighted by atomic mass is 10.0. The molecular weight excluding hydrogens is 375 g/mol. The Hall–Kier alpha value is -2.81. The van der Waals surface area contributed by atoms with Gasteiger partial charge in [0.2, 0.25) is 9.84 Å². The van der Waals surface area contributed by atoms with Crippen molar-refractivity contribution in [2.24, 2.45) is 0 Å².